The lowest BCUT2D eigenvalue weighted by atomic mass is 9.74. The average molecular weight is 391 g/mol. The molecule has 156 valence electrons. The number of aliphatic hydroxyl groups excluding tert-OH is 2. The van der Waals surface area contributed by atoms with Crippen LogP contribution in [0.5, 0.6) is 0 Å². The molecule has 6 nitrogen and oxygen atoms in total. The molecule has 1 aliphatic heterocycles. The van der Waals surface area contributed by atoms with E-state index in [1.165, 1.54) is 13.2 Å². The highest BCUT2D eigenvalue weighted by Gasteiger charge is 2.42. The van der Waals surface area contributed by atoms with Crippen molar-refractivity contribution in [3.63, 3.8) is 0 Å². The number of anilines is 1. The number of hydrogen-bond acceptors (Lipinski definition) is 6. The lowest BCUT2D eigenvalue weighted by Gasteiger charge is -2.42. The molecule has 2 unspecified atom stereocenters. The van der Waals surface area contributed by atoms with Crippen LogP contribution in [0.2, 0.25) is 0 Å². The van der Waals surface area contributed by atoms with E-state index in [-0.39, 0.29) is 17.4 Å². The molecule has 0 saturated carbocycles. The zero-order chi connectivity index (χ0) is 20.9. The Labute approximate surface area is 168 Å². The number of rotatable bonds is 7. The van der Waals surface area contributed by atoms with Gasteiger partial charge in [-0.3, -0.25) is 4.90 Å². The molecule has 0 amide bonds. The van der Waals surface area contributed by atoms with Crippen molar-refractivity contribution >= 4 is 11.7 Å². The molecule has 3 N–H and O–H groups in total. The van der Waals surface area contributed by atoms with Crippen molar-refractivity contribution in [1.29, 1.82) is 0 Å². The molecule has 2 rings (SSSR count). The zero-order valence-electron chi connectivity index (χ0n) is 17.6. The molecule has 0 spiro atoms. The van der Waals surface area contributed by atoms with Gasteiger partial charge in [0, 0.05) is 24.2 Å². The van der Waals surface area contributed by atoms with Crippen LogP contribution >= 0.6 is 0 Å². The van der Waals surface area contributed by atoms with Gasteiger partial charge in [-0.15, -0.1) is 0 Å². The van der Waals surface area contributed by atoms with Gasteiger partial charge in [0.25, 0.3) is 0 Å². The van der Waals surface area contributed by atoms with Crippen molar-refractivity contribution in [1.82, 2.24) is 4.90 Å². The minimum absolute atomic E-state index is 0.217. The minimum atomic E-state index is -0.819. The number of carbonyl (C=O) groups is 1. The maximum absolute atomic E-state index is 11.7. The third kappa shape index (κ3) is 5.56. The molecule has 1 saturated heterocycles. The molecule has 1 heterocycles. The lowest BCUT2D eigenvalue weighted by molar-refractivity contribution is -0.135. The Morgan fingerprint density at radius 2 is 1.93 bits per heavy atom. The Morgan fingerprint density at radius 3 is 2.50 bits per heavy atom. The van der Waals surface area contributed by atoms with Gasteiger partial charge in [0.1, 0.15) is 12.5 Å². The topological polar surface area (TPSA) is 82.0 Å². The number of nitrogens with one attached hydrogen (secondary N) is 1. The van der Waals surface area contributed by atoms with Crippen LogP contribution in [0, 0.1) is 11.3 Å². The first kappa shape index (κ1) is 22.4. The van der Waals surface area contributed by atoms with Crippen LogP contribution in [0.1, 0.15) is 40.5 Å². The fourth-order valence-corrected chi connectivity index (χ4v) is 4.18. The molecule has 0 bridgehead atoms. The molecule has 1 aliphatic rings. The number of methoxy groups -OCH3 is 1. The monoisotopic (exact) mass is 390 g/mol. The number of para-hydroxylation sites is 1. The van der Waals surface area contributed by atoms with Crippen LogP contribution < -0.4 is 5.32 Å². The van der Waals surface area contributed by atoms with E-state index in [1.54, 1.807) is 0 Å². The standard InChI is InChI=1S/C22H34N2O4/c1-15(14-18(25)28-5)19(22(2,3)4)21(27)24-13-9-12-17(24)20(26)23-16-10-7-6-8-11-16/h6-8,10-11,14,17,19-21,23,26-27H,9,12-13H2,1-5H3/b15-14-/t17-,19+,20?,21?/m0/s1. The SMILES string of the molecule is COC(=O)/C=C(/C)[C@H](C(O)N1CCC[C@H]1C(O)Nc1ccccc1)C(C)(C)C. The third-order valence-electron chi connectivity index (χ3n) is 5.40. The maximum atomic E-state index is 11.7. The molecular weight excluding hydrogens is 356 g/mol. The predicted octanol–water partition coefficient (Wildman–Crippen LogP) is 2.98. The van der Waals surface area contributed by atoms with Crippen LogP contribution in [0.3, 0.4) is 0 Å². The molecule has 6 heteroatoms. The van der Waals surface area contributed by atoms with Crippen molar-refractivity contribution < 1.29 is 19.7 Å². The Bertz CT molecular complexity index is 669. The second-order valence-corrected chi connectivity index (χ2v) is 8.57. The fourth-order valence-electron chi connectivity index (χ4n) is 4.18. The van der Waals surface area contributed by atoms with E-state index in [1.807, 2.05) is 62.9 Å². The Balaban J connectivity index is 2.21. The number of benzene rings is 1. The number of carbonyl (C=O) groups excluding carboxylic acids is 1. The molecule has 1 aromatic carbocycles. The Morgan fingerprint density at radius 1 is 1.29 bits per heavy atom. The van der Waals surface area contributed by atoms with Crippen molar-refractivity contribution in [2.45, 2.75) is 59.0 Å². The van der Waals surface area contributed by atoms with E-state index in [0.29, 0.717) is 6.54 Å². The van der Waals surface area contributed by atoms with Gasteiger partial charge in [0.05, 0.1) is 13.2 Å². The first-order valence-corrected chi connectivity index (χ1v) is 9.84. The van der Waals surface area contributed by atoms with E-state index in [9.17, 15) is 15.0 Å². The highest BCUT2D eigenvalue weighted by Crippen LogP contribution is 2.38. The summed E-state index contributed by atoms with van der Waals surface area (Å²) < 4.78 is 4.75. The highest BCUT2D eigenvalue weighted by molar-refractivity contribution is 5.82. The first-order chi connectivity index (χ1) is 13.1. The van der Waals surface area contributed by atoms with Crippen molar-refractivity contribution in [3.05, 3.63) is 42.0 Å². The van der Waals surface area contributed by atoms with E-state index in [2.05, 4.69) is 5.32 Å². The van der Waals surface area contributed by atoms with Gasteiger partial charge >= 0.3 is 5.97 Å². The number of nitrogens with zero attached hydrogens (tertiary/aromatic N) is 1. The van der Waals surface area contributed by atoms with Gasteiger partial charge in [-0.05, 0) is 37.3 Å². The minimum Gasteiger partial charge on any atom is -0.466 e. The van der Waals surface area contributed by atoms with E-state index in [4.69, 9.17) is 4.74 Å². The van der Waals surface area contributed by atoms with Gasteiger partial charge in [-0.25, -0.2) is 4.79 Å². The number of aliphatic hydroxyl groups is 2. The van der Waals surface area contributed by atoms with Crippen molar-refractivity contribution in [2.75, 3.05) is 19.0 Å². The summed E-state index contributed by atoms with van der Waals surface area (Å²) in [6.45, 7) is 8.66. The van der Waals surface area contributed by atoms with Crippen molar-refractivity contribution in [3.8, 4) is 0 Å². The lowest BCUT2D eigenvalue weighted by Crippen LogP contribution is -2.52. The van der Waals surface area contributed by atoms with Gasteiger partial charge in [0.15, 0.2) is 0 Å². The molecular formula is C22H34N2O4. The quantitative estimate of drug-likeness (QED) is 0.377. The number of hydrogen-bond donors (Lipinski definition) is 3. The van der Waals surface area contributed by atoms with Crippen LogP contribution in [-0.2, 0) is 9.53 Å². The van der Waals surface area contributed by atoms with Crippen molar-refractivity contribution in [2.24, 2.45) is 11.3 Å². The van der Waals surface area contributed by atoms with Gasteiger partial charge in [-0.2, -0.15) is 0 Å². The largest absolute Gasteiger partial charge is 0.466 e. The summed E-state index contributed by atoms with van der Waals surface area (Å²) in [6, 6.07) is 9.33. The Hall–Kier alpha value is -1.89. The summed E-state index contributed by atoms with van der Waals surface area (Å²) in [4.78, 5) is 13.7. The summed E-state index contributed by atoms with van der Waals surface area (Å²) in [7, 11) is 1.34. The van der Waals surface area contributed by atoms with Gasteiger partial charge in [0.2, 0.25) is 0 Å². The first-order valence-electron chi connectivity index (χ1n) is 9.84. The van der Waals surface area contributed by atoms with E-state index < -0.39 is 18.4 Å². The second-order valence-electron chi connectivity index (χ2n) is 8.57. The summed E-state index contributed by atoms with van der Waals surface area (Å²) >= 11 is 0. The number of esters is 1. The van der Waals surface area contributed by atoms with Crippen LogP contribution in [0.15, 0.2) is 42.0 Å². The molecule has 0 aromatic heterocycles. The summed E-state index contributed by atoms with van der Waals surface area (Å²) in [5, 5.41) is 25.2. The van der Waals surface area contributed by atoms with Crippen LogP contribution in [0.4, 0.5) is 5.69 Å². The highest BCUT2D eigenvalue weighted by atomic mass is 16.5. The van der Waals surface area contributed by atoms with Gasteiger partial charge in [-0.1, -0.05) is 44.5 Å². The van der Waals surface area contributed by atoms with Crippen LogP contribution in [-0.4, -0.2) is 53.2 Å². The summed E-state index contributed by atoms with van der Waals surface area (Å²) in [6.07, 6.45) is 1.51. The summed E-state index contributed by atoms with van der Waals surface area (Å²) in [5.41, 5.74) is 1.33. The molecule has 28 heavy (non-hydrogen) atoms. The molecule has 4 atom stereocenters. The third-order valence-corrected chi connectivity index (χ3v) is 5.40. The second kappa shape index (κ2) is 9.54. The van der Waals surface area contributed by atoms with E-state index in [0.717, 1.165) is 24.1 Å². The number of likely N-dealkylation sites (tertiary alicyclic amines) is 1. The smallest absolute Gasteiger partial charge is 0.330 e. The predicted molar refractivity (Wildman–Crippen MR) is 111 cm³/mol. The number of ether oxygens (including phenoxy) is 1. The maximum Gasteiger partial charge on any atom is 0.330 e. The van der Waals surface area contributed by atoms with Gasteiger partial charge < -0.3 is 20.3 Å². The van der Waals surface area contributed by atoms with E-state index >= 15 is 0 Å². The zero-order valence-corrected chi connectivity index (χ0v) is 17.6. The Kier molecular flexibility index (Phi) is 7.63. The average Bonchev–Trinajstić information content (AvgIpc) is 3.11. The molecule has 0 aliphatic carbocycles. The normalized spacial score (nSPS) is 21.8. The summed E-state index contributed by atoms with van der Waals surface area (Å²) in [5.74, 6) is -0.709. The van der Waals surface area contributed by atoms with Crippen LogP contribution in [0.25, 0.3) is 0 Å². The molecule has 0 radical (unpaired) electrons. The molecule has 1 aromatic rings. The fraction of sp³-hybridized carbons (Fsp3) is 0.591. The molecule has 1 fully saturated rings.